The third-order valence-corrected chi connectivity index (χ3v) is 5.95. The van der Waals surface area contributed by atoms with Crippen molar-refractivity contribution in [3.8, 4) is 0 Å². The number of urea groups is 1. The van der Waals surface area contributed by atoms with E-state index in [0.29, 0.717) is 5.57 Å². The van der Waals surface area contributed by atoms with Crippen molar-refractivity contribution in [1.29, 1.82) is 0 Å². The molecule has 6 heteroatoms. The molecule has 1 atom stereocenters. The van der Waals surface area contributed by atoms with Gasteiger partial charge in [0.25, 0.3) is 0 Å². The van der Waals surface area contributed by atoms with Crippen LogP contribution >= 0.6 is 0 Å². The van der Waals surface area contributed by atoms with Crippen molar-refractivity contribution in [2.45, 2.75) is 24.9 Å². The number of hydrogen-bond acceptors (Lipinski definition) is 2. The third kappa shape index (κ3) is 2.71. The summed E-state index contributed by atoms with van der Waals surface area (Å²) in [6.07, 6.45) is 3.70. The number of carbonyl (C=O) groups is 1. The lowest BCUT2D eigenvalue weighted by atomic mass is 9.96. The van der Waals surface area contributed by atoms with Crippen LogP contribution < -0.4 is 10.2 Å². The highest BCUT2D eigenvalue weighted by Crippen LogP contribution is 2.44. The smallest absolute Gasteiger partial charge is 0.317 e. The van der Waals surface area contributed by atoms with E-state index in [1.54, 1.807) is 4.90 Å². The number of piperidine rings is 1. The van der Waals surface area contributed by atoms with Crippen molar-refractivity contribution in [1.82, 2.24) is 10.2 Å². The Morgan fingerprint density at radius 1 is 1.04 bits per heavy atom. The molecule has 0 bridgehead atoms. The maximum absolute atomic E-state index is 14.3. The summed E-state index contributed by atoms with van der Waals surface area (Å²) in [7, 11) is 0. The van der Waals surface area contributed by atoms with Crippen LogP contribution in [0, 0.1) is 11.6 Å². The Labute approximate surface area is 162 Å². The number of amides is 2. The number of nitrogens with zero attached hydrogens (tertiary/aromatic N) is 2. The normalized spacial score (nSPS) is 22.1. The molecule has 0 saturated carbocycles. The zero-order valence-electron chi connectivity index (χ0n) is 15.4. The van der Waals surface area contributed by atoms with E-state index in [2.05, 4.69) is 5.32 Å². The van der Waals surface area contributed by atoms with E-state index in [0.717, 1.165) is 49.3 Å². The largest absolute Gasteiger partial charge is 0.325 e. The van der Waals surface area contributed by atoms with Crippen LogP contribution in [0.25, 0.3) is 5.57 Å². The Balaban J connectivity index is 1.56. The standard InChI is InChI=1S/C22H21F2N3O/c23-15-5-6-19(24)18(12-15)14-11-21-17-3-1-2-4-20(17)27(22(28)26(21)13-14)16-7-9-25-10-8-16/h1-6,11-12,16,21,25H,7-10,13H2/t21-/m0/s1. The van der Waals surface area contributed by atoms with Crippen molar-refractivity contribution < 1.29 is 13.6 Å². The van der Waals surface area contributed by atoms with Crippen LogP contribution in [0.1, 0.15) is 30.0 Å². The van der Waals surface area contributed by atoms with Gasteiger partial charge in [-0.25, -0.2) is 13.6 Å². The van der Waals surface area contributed by atoms with E-state index in [1.165, 1.54) is 6.07 Å². The highest BCUT2D eigenvalue weighted by molar-refractivity contribution is 5.98. The van der Waals surface area contributed by atoms with Gasteiger partial charge in [0, 0.05) is 23.7 Å². The minimum Gasteiger partial charge on any atom is -0.317 e. The molecular weight excluding hydrogens is 360 g/mol. The van der Waals surface area contributed by atoms with E-state index in [-0.39, 0.29) is 30.2 Å². The van der Waals surface area contributed by atoms with Crippen molar-refractivity contribution in [2.24, 2.45) is 0 Å². The summed E-state index contributed by atoms with van der Waals surface area (Å²) in [6, 6.07) is 11.2. The van der Waals surface area contributed by atoms with Crippen LogP contribution in [0.3, 0.4) is 0 Å². The minimum atomic E-state index is -0.481. The molecule has 28 heavy (non-hydrogen) atoms. The Hall–Kier alpha value is -2.73. The van der Waals surface area contributed by atoms with Crippen molar-refractivity contribution in [2.75, 3.05) is 24.5 Å². The second kappa shape index (κ2) is 6.71. The highest BCUT2D eigenvalue weighted by Gasteiger charge is 2.43. The van der Waals surface area contributed by atoms with Gasteiger partial charge in [0.15, 0.2) is 0 Å². The predicted octanol–water partition coefficient (Wildman–Crippen LogP) is 4.10. The van der Waals surface area contributed by atoms with Gasteiger partial charge in [-0.2, -0.15) is 0 Å². The van der Waals surface area contributed by atoms with Gasteiger partial charge < -0.3 is 10.2 Å². The Morgan fingerprint density at radius 3 is 2.64 bits per heavy atom. The van der Waals surface area contributed by atoms with Crippen molar-refractivity contribution in [3.63, 3.8) is 0 Å². The topological polar surface area (TPSA) is 35.6 Å². The van der Waals surface area contributed by atoms with Crippen molar-refractivity contribution in [3.05, 3.63) is 71.3 Å². The average Bonchev–Trinajstić information content (AvgIpc) is 3.17. The first kappa shape index (κ1) is 17.4. The summed E-state index contributed by atoms with van der Waals surface area (Å²) in [4.78, 5) is 17.1. The summed E-state index contributed by atoms with van der Waals surface area (Å²) in [6.45, 7) is 2.05. The lowest BCUT2D eigenvalue weighted by molar-refractivity contribution is 0.195. The predicted molar refractivity (Wildman–Crippen MR) is 104 cm³/mol. The molecule has 4 nitrogen and oxygen atoms in total. The quantitative estimate of drug-likeness (QED) is 0.850. The second-order valence-electron chi connectivity index (χ2n) is 7.58. The molecule has 0 aliphatic carbocycles. The zero-order valence-corrected chi connectivity index (χ0v) is 15.4. The van der Waals surface area contributed by atoms with Gasteiger partial charge in [-0.05, 0) is 55.8 Å². The molecule has 0 spiro atoms. The van der Waals surface area contributed by atoms with Gasteiger partial charge in [0.1, 0.15) is 11.6 Å². The maximum Gasteiger partial charge on any atom is 0.325 e. The molecular formula is C22H21F2N3O. The monoisotopic (exact) mass is 381 g/mol. The number of nitrogens with one attached hydrogen (secondary N) is 1. The van der Waals surface area contributed by atoms with Crippen LogP contribution in [0.5, 0.6) is 0 Å². The molecule has 3 aliphatic rings. The number of benzene rings is 2. The molecule has 1 N–H and O–H groups in total. The number of halogens is 2. The first-order valence-electron chi connectivity index (χ1n) is 9.69. The lowest BCUT2D eigenvalue weighted by Crippen LogP contribution is -2.54. The van der Waals surface area contributed by atoms with Gasteiger partial charge >= 0.3 is 6.03 Å². The SMILES string of the molecule is O=C1N(C2CCNCC2)c2ccccc2[C@@H]2C=C(c3cc(F)ccc3F)CN12. The van der Waals surface area contributed by atoms with E-state index in [4.69, 9.17) is 0 Å². The summed E-state index contributed by atoms with van der Waals surface area (Å²) >= 11 is 0. The molecule has 0 radical (unpaired) electrons. The fourth-order valence-corrected chi connectivity index (χ4v) is 4.59. The fraction of sp³-hybridized carbons (Fsp3) is 0.318. The molecule has 3 aliphatic heterocycles. The molecule has 0 aromatic heterocycles. The third-order valence-electron chi connectivity index (χ3n) is 5.95. The molecule has 0 unspecified atom stereocenters. The maximum atomic E-state index is 14.3. The highest BCUT2D eigenvalue weighted by atomic mass is 19.1. The molecule has 5 rings (SSSR count). The summed E-state index contributed by atoms with van der Waals surface area (Å²) in [5.74, 6) is -0.950. The molecule has 144 valence electrons. The van der Waals surface area contributed by atoms with Gasteiger partial charge in [0.2, 0.25) is 0 Å². The molecule has 3 heterocycles. The first-order chi connectivity index (χ1) is 13.6. The number of hydrogen-bond donors (Lipinski definition) is 1. The van der Waals surface area contributed by atoms with E-state index < -0.39 is 11.6 Å². The minimum absolute atomic E-state index is 0.0568. The van der Waals surface area contributed by atoms with E-state index >= 15 is 0 Å². The van der Waals surface area contributed by atoms with E-state index in [1.807, 2.05) is 35.2 Å². The number of fused-ring (bicyclic) bond motifs is 3. The second-order valence-corrected chi connectivity index (χ2v) is 7.58. The Kier molecular flexibility index (Phi) is 4.16. The van der Waals surface area contributed by atoms with Crippen molar-refractivity contribution >= 4 is 17.3 Å². The molecule has 2 aromatic carbocycles. The van der Waals surface area contributed by atoms with Crippen LogP contribution in [-0.2, 0) is 0 Å². The fourth-order valence-electron chi connectivity index (χ4n) is 4.59. The molecule has 1 fully saturated rings. The molecule has 2 aromatic rings. The molecule has 2 amide bonds. The summed E-state index contributed by atoms with van der Waals surface area (Å²) in [5.41, 5.74) is 2.84. The zero-order chi connectivity index (χ0) is 19.3. The van der Waals surface area contributed by atoms with Crippen LogP contribution in [-0.4, -0.2) is 36.6 Å². The van der Waals surface area contributed by atoms with Crippen LogP contribution in [0.15, 0.2) is 48.5 Å². The van der Waals surface area contributed by atoms with Gasteiger partial charge in [-0.1, -0.05) is 24.3 Å². The number of para-hydroxylation sites is 1. The summed E-state index contributed by atoms with van der Waals surface area (Å²) < 4.78 is 28.0. The Bertz CT molecular complexity index is 968. The number of carbonyl (C=O) groups excluding carboxylic acids is 1. The lowest BCUT2D eigenvalue weighted by Gasteiger charge is -2.44. The number of anilines is 1. The van der Waals surface area contributed by atoms with Gasteiger partial charge in [-0.15, -0.1) is 0 Å². The Morgan fingerprint density at radius 2 is 1.82 bits per heavy atom. The first-order valence-corrected chi connectivity index (χ1v) is 9.69. The van der Waals surface area contributed by atoms with Gasteiger partial charge in [0.05, 0.1) is 11.7 Å². The molecule has 1 saturated heterocycles. The van der Waals surface area contributed by atoms with E-state index in [9.17, 15) is 13.6 Å². The van der Waals surface area contributed by atoms with Crippen LogP contribution in [0.4, 0.5) is 19.3 Å². The summed E-state index contributed by atoms with van der Waals surface area (Å²) in [5, 5.41) is 3.34. The van der Waals surface area contributed by atoms with Gasteiger partial charge in [-0.3, -0.25) is 4.90 Å². The average molecular weight is 381 g/mol. The number of rotatable bonds is 2. The van der Waals surface area contributed by atoms with Crippen LogP contribution in [0.2, 0.25) is 0 Å².